The van der Waals surface area contributed by atoms with E-state index in [1.807, 2.05) is 28.7 Å². The van der Waals surface area contributed by atoms with Crippen molar-refractivity contribution in [2.24, 2.45) is 7.05 Å². The minimum atomic E-state index is 0.580. The van der Waals surface area contributed by atoms with Crippen LogP contribution in [0.2, 0.25) is 0 Å². The van der Waals surface area contributed by atoms with Crippen molar-refractivity contribution in [3.63, 3.8) is 0 Å². The molecule has 1 fully saturated rings. The van der Waals surface area contributed by atoms with Gasteiger partial charge >= 0.3 is 0 Å². The Bertz CT molecular complexity index is 522. The average Bonchev–Trinajstić information content (AvgIpc) is 2.96. The molecule has 0 atom stereocenters. The first-order valence-electron chi connectivity index (χ1n) is 5.91. The zero-order valence-corrected chi connectivity index (χ0v) is 9.87. The highest BCUT2D eigenvalue weighted by Crippen LogP contribution is 2.41. The molecule has 0 spiro atoms. The lowest BCUT2D eigenvalue weighted by Crippen LogP contribution is -2.09. The number of nitrogen functional groups attached to an aromatic ring is 1. The first-order chi connectivity index (χ1) is 8.25. The molecule has 0 bridgehead atoms. The van der Waals surface area contributed by atoms with Crippen LogP contribution < -0.4 is 5.73 Å². The van der Waals surface area contributed by atoms with Gasteiger partial charge in [-0.15, -0.1) is 5.10 Å². The molecule has 2 N–H and O–H groups in total. The smallest absolute Gasteiger partial charge is 0.169 e. The van der Waals surface area contributed by atoms with Gasteiger partial charge in [0, 0.05) is 37.8 Å². The van der Waals surface area contributed by atoms with Gasteiger partial charge in [-0.2, -0.15) is 5.10 Å². The van der Waals surface area contributed by atoms with Crippen LogP contribution in [-0.2, 0) is 20.0 Å². The number of nitrogens with zero attached hydrogens (tertiary/aromatic N) is 5. The molecule has 1 saturated carbocycles. The molecule has 0 amide bonds. The van der Waals surface area contributed by atoms with Crippen LogP contribution in [0.1, 0.15) is 30.1 Å². The topological polar surface area (TPSA) is 74.5 Å². The quantitative estimate of drug-likeness (QED) is 0.842. The standard InChI is InChI=1S/C11H16N6/c1-16-9(4-6-13-16)5-7-17-10(8-2-3-8)11(12)14-15-17/h4,6,8H,2-3,5,7,12H2,1H3. The third-order valence-electron chi connectivity index (χ3n) is 3.27. The van der Waals surface area contributed by atoms with E-state index in [1.54, 1.807) is 0 Å². The monoisotopic (exact) mass is 232 g/mol. The summed E-state index contributed by atoms with van der Waals surface area (Å²) in [7, 11) is 1.95. The van der Waals surface area contributed by atoms with E-state index in [4.69, 9.17) is 5.73 Å². The minimum Gasteiger partial charge on any atom is -0.381 e. The molecule has 2 aromatic rings. The van der Waals surface area contributed by atoms with Crippen molar-refractivity contribution in [3.05, 3.63) is 23.7 Å². The molecule has 1 aliphatic carbocycles. The van der Waals surface area contributed by atoms with Crippen molar-refractivity contribution in [2.75, 3.05) is 5.73 Å². The highest BCUT2D eigenvalue weighted by atomic mass is 15.4. The van der Waals surface area contributed by atoms with E-state index in [0.29, 0.717) is 11.7 Å². The molecular formula is C11H16N6. The van der Waals surface area contributed by atoms with Crippen LogP contribution in [-0.4, -0.2) is 24.8 Å². The van der Waals surface area contributed by atoms with E-state index in [-0.39, 0.29) is 0 Å². The maximum absolute atomic E-state index is 5.85. The van der Waals surface area contributed by atoms with E-state index >= 15 is 0 Å². The van der Waals surface area contributed by atoms with Crippen LogP contribution in [0.5, 0.6) is 0 Å². The average molecular weight is 232 g/mol. The third kappa shape index (κ3) is 1.90. The van der Waals surface area contributed by atoms with Gasteiger partial charge in [0.1, 0.15) is 0 Å². The highest BCUT2D eigenvalue weighted by molar-refractivity contribution is 5.38. The third-order valence-corrected chi connectivity index (χ3v) is 3.27. The Kier molecular flexibility index (Phi) is 2.35. The van der Waals surface area contributed by atoms with Crippen LogP contribution in [0.4, 0.5) is 5.82 Å². The van der Waals surface area contributed by atoms with Gasteiger partial charge in [-0.05, 0) is 18.9 Å². The van der Waals surface area contributed by atoms with E-state index in [9.17, 15) is 0 Å². The first-order valence-corrected chi connectivity index (χ1v) is 5.91. The van der Waals surface area contributed by atoms with Gasteiger partial charge in [0.05, 0.1) is 5.69 Å². The molecule has 2 aromatic heterocycles. The predicted octanol–water partition coefficient (Wildman–Crippen LogP) is 0.714. The lowest BCUT2D eigenvalue weighted by molar-refractivity contribution is 0.548. The maximum Gasteiger partial charge on any atom is 0.169 e. The number of anilines is 1. The molecule has 0 radical (unpaired) electrons. The lowest BCUT2D eigenvalue weighted by atomic mass is 10.2. The largest absolute Gasteiger partial charge is 0.381 e. The molecule has 0 aliphatic heterocycles. The van der Waals surface area contributed by atoms with Crippen molar-refractivity contribution in [3.8, 4) is 0 Å². The SMILES string of the molecule is Cn1nccc1CCn1nnc(N)c1C1CC1. The summed E-state index contributed by atoms with van der Waals surface area (Å²) >= 11 is 0. The fraction of sp³-hybridized carbons (Fsp3) is 0.545. The molecule has 0 saturated heterocycles. The fourth-order valence-electron chi connectivity index (χ4n) is 2.14. The fourth-order valence-corrected chi connectivity index (χ4v) is 2.14. The Balaban J connectivity index is 1.75. The Hall–Kier alpha value is -1.85. The molecule has 2 heterocycles. The number of aryl methyl sites for hydroxylation is 3. The number of nitrogens with two attached hydrogens (primary N) is 1. The molecular weight excluding hydrogens is 216 g/mol. The van der Waals surface area contributed by atoms with Crippen LogP contribution in [0.15, 0.2) is 12.3 Å². The zero-order valence-electron chi connectivity index (χ0n) is 9.87. The van der Waals surface area contributed by atoms with Crippen molar-refractivity contribution in [2.45, 2.75) is 31.7 Å². The van der Waals surface area contributed by atoms with Gasteiger partial charge in [0.25, 0.3) is 0 Å². The maximum atomic E-state index is 5.85. The number of hydrogen-bond acceptors (Lipinski definition) is 4. The summed E-state index contributed by atoms with van der Waals surface area (Å²) in [5.74, 6) is 1.18. The van der Waals surface area contributed by atoms with E-state index in [2.05, 4.69) is 15.4 Å². The van der Waals surface area contributed by atoms with Gasteiger partial charge in [0.2, 0.25) is 0 Å². The Labute approximate surface area is 99.4 Å². The van der Waals surface area contributed by atoms with Crippen LogP contribution in [0.25, 0.3) is 0 Å². The predicted molar refractivity (Wildman–Crippen MR) is 63.3 cm³/mol. The van der Waals surface area contributed by atoms with Crippen LogP contribution in [0, 0.1) is 0 Å². The minimum absolute atomic E-state index is 0.580. The summed E-state index contributed by atoms with van der Waals surface area (Å²) in [6.45, 7) is 0.815. The van der Waals surface area contributed by atoms with Crippen molar-refractivity contribution >= 4 is 5.82 Å². The van der Waals surface area contributed by atoms with Crippen LogP contribution >= 0.6 is 0 Å². The van der Waals surface area contributed by atoms with E-state index in [0.717, 1.165) is 18.7 Å². The number of hydrogen-bond donors (Lipinski definition) is 1. The lowest BCUT2D eigenvalue weighted by Gasteiger charge is -2.06. The number of aromatic nitrogens is 5. The van der Waals surface area contributed by atoms with Gasteiger partial charge in [0.15, 0.2) is 5.82 Å². The second-order valence-corrected chi connectivity index (χ2v) is 4.55. The molecule has 6 heteroatoms. The molecule has 3 rings (SSSR count). The summed E-state index contributed by atoms with van der Waals surface area (Å²) in [5.41, 5.74) is 8.16. The molecule has 6 nitrogen and oxygen atoms in total. The summed E-state index contributed by atoms with van der Waals surface area (Å²) in [5, 5.41) is 12.2. The van der Waals surface area contributed by atoms with Gasteiger partial charge in [-0.3, -0.25) is 4.68 Å². The Morgan fingerprint density at radius 1 is 1.47 bits per heavy atom. The van der Waals surface area contributed by atoms with E-state index < -0.39 is 0 Å². The van der Waals surface area contributed by atoms with Crippen molar-refractivity contribution in [1.29, 1.82) is 0 Å². The molecule has 90 valence electrons. The second kappa shape index (κ2) is 3.87. The molecule has 0 aromatic carbocycles. The summed E-state index contributed by atoms with van der Waals surface area (Å²) < 4.78 is 3.83. The van der Waals surface area contributed by atoms with Crippen molar-refractivity contribution < 1.29 is 0 Å². The normalized spacial score (nSPS) is 15.4. The molecule has 17 heavy (non-hydrogen) atoms. The first kappa shape index (κ1) is 10.3. The van der Waals surface area contributed by atoms with E-state index in [1.165, 1.54) is 18.5 Å². The molecule has 0 unspecified atom stereocenters. The number of rotatable bonds is 4. The Morgan fingerprint density at radius 3 is 2.94 bits per heavy atom. The molecule has 1 aliphatic rings. The van der Waals surface area contributed by atoms with Crippen LogP contribution in [0.3, 0.4) is 0 Å². The van der Waals surface area contributed by atoms with Gasteiger partial charge in [-0.25, -0.2) is 4.68 Å². The summed E-state index contributed by atoms with van der Waals surface area (Å²) in [4.78, 5) is 0. The second-order valence-electron chi connectivity index (χ2n) is 4.55. The zero-order chi connectivity index (χ0) is 11.8. The van der Waals surface area contributed by atoms with Crippen molar-refractivity contribution in [1.82, 2.24) is 24.8 Å². The summed E-state index contributed by atoms with van der Waals surface area (Å²) in [6.07, 6.45) is 5.14. The Morgan fingerprint density at radius 2 is 2.29 bits per heavy atom. The highest BCUT2D eigenvalue weighted by Gasteiger charge is 2.30. The summed E-state index contributed by atoms with van der Waals surface area (Å²) in [6, 6.07) is 2.02. The van der Waals surface area contributed by atoms with Gasteiger partial charge in [-0.1, -0.05) is 5.21 Å². The van der Waals surface area contributed by atoms with Gasteiger partial charge < -0.3 is 5.73 Å².